The van der Waals surface area contributed by atoms with Crippen LogP contribution in [0.25, 0.3) is 0 Å². The largest absolute Gasteiger partial charge is 0.481 e. The minimum atomic E-state index is -0.657. The Bertz CT molecular complexity index is 344. The van der Waals surface area contributed by atoms with Gasteiger partial charge >= 0.3 is 5.97 Å². The Kier molecular flexibility index (Phi) is 36.1. The molecule has 0 spiro atoms. The van der Waals surface area contributed by atoms with Crippen molar-refractivity contribution in [1.82, 2.24) is 0 Å². The molecule has 0 heterocycles. The number of rotatable bonds is 27. The highest BCUT2D eigenvalue weighted by Crippen LogP contribution is 2.13. The van der Waals surface area contributed by atoms with Crippen LogP contribution in [0.5, 0.6) is 0 Å². The Labute approximate surface area is 213 Å². The zero-order valence-corrected chi connectivity index (χ0v) is 23.0. The minimum absolute atomic E-state index is 0.344. The first-order chi connectivity index (χ1) is 16.7. The van der Waals surface area contributed by atoms with Crippen LogP contribution in [0.1, 0.15) is 174 Å². The molecule has 0 unspecified atom stereocenters. The lowest BCUT2D eigenvalue weighted by atomic mass is 10.0. The fourth-order valence-corrected chi connectivity index (χ4v) is 4.29. The molecule has 0 rings (SSSR count). The van der Waals surface area contributed by atoms with E-state index in [0.29, 0.717) is 19.6 Å². The third kappa shape index (κ3) is 38.6. The molecule has 0 aromatic carbocycles. The molecule has 0 fully saturated rings. The van der Waals surface area contributed by atoms with Crippen LogP contribution in [-0.2, 0) is 4.79 Å². The van der Waals surface area contributed by atoms with Crippen molar-refractivity contribution in [1.29, 1.82) is 0 Å². The molecule has 34 heavy (non-hydrogen) atoms. The highest BCUT2D eigenvalue weighted by molar-refractivity contribution is 5.66. The second kappa shape index (κ2) is 34.6. The number of aliphatic hydroxyl groups is 2. The molecular weight excluding hydrogens is 424 g/mol. The maximum Gasteiger partial charge on any atom is 0.303 e. The number of hydrogen-bond donors (Lipinski definition) is 3. The monoisotopic (exact) mass is 486 g/mol. The highest BCUT2D eigenvalue weighted by atomic mass is 16.4. The first-order valence-corrected chi connectivity index (χ1v) is 15.1. The second-order valence-corrected chi connectivity index (χ2v) is 10.1. The van der Waals surface area contributed by atoms with Gasteiger partial charge in [0.15, 0.2) is 0 Å². The minimum Gasteiger partial charge on any atom is -0.481 e. The van der Waals surface area contributed by atoms with Crippen LogP contribution >= 0.6 is 0 Å². The third-order valence-corrected chi connectivity index (χ3v) is 6.56. The molecule has 0 aromatic heterocycles. The van der Waals surface area contributed by atoms with Crippen molar-refractivity contribution in [2.45, 2.75) is 174 Å². The molecule has 0 atom stereocenters. The van der Waals surface area contributed by atoms with Gasteiger partial charge in [0.25, 0.3) is 0 Å². The van der Waals surface area contributed by atoms with Gasteiger partial charge in [-0.15, -0.1) is 0 Å². The smallest absolute Gasteiger partial charge is 0.303 e. The summed E-state index contributed by atoms with van der Waals surface area (Å²) >= 11 is 0. The predicted molar refractivity (Wildman–Crippen MR) is 148 cm³/mol. The van der Waals surface area contributed by atoms with Gasteiger partial charge in [0.2, 0.25) is 0 Å². The summed E-state index contributed by atoms with van der Waals surface area (Å²) in [6, 6.07) is 0. The lowest BCUT2D eigenvalue weighted by Crippen LogP contribution is -1.93. The molecular formula is C30H62O4. The SMILES string of the molecule is CCCCCCCCCCCCCC(=O)O.OCCCCCCCCCCCCCCCCO. The fourth-order valence-electron chi connectivity index (χ4n) is 4.29. The molecule has 3 N–H and O–H groups in total. The van der Waals surface area contributed by atoms with E-state index in [-0.39, 0.29) is 0 Å². The summed E-state index contributed by atoms with van der Waals surface area (Å²) in [4.78, 5) is 10.3. The van der Waals surface area contributed by atoms with Crippen molar-refractivity contribution in [2.24, 2.45) is 0 Å². The highest BCUT2D eigenvalue weighted by Gasteiger charge is 1.97. The second-order valence-electron chi connectivity index (χ2n) is 10.1. The molecule has 0 aliphatic rings. The van der Waals surface area contributed by atoms with Crippen LogP contribution in [0, 0.1) is 0 Å². The molecule has 0 saturated carbocycles. The topological polar surface area (TPSA) is 77.8 Å². The summed E-state index contributed by atoms with van der Waals surface area (Å²) < 4.78 is 0. The summed E-state index contributed by atoms with van der Waals surface area (Å²) in [5.41, 5.74) is 0. The molecule has 4 nitrogen and oxygen atoms in total. The number of hydrogen-bond acceptors (Lipinski definition) is 3. The molecule has 0 amide bonds. The van der Waals surface area contributed by atoms with E-state index in [9.17, 15) is 4.79 Å². The Balaban J connectivity index is 0. The summed E-state index contributed by atoms with van der Waals surface area (Å²) in [5.74, 6) is -0.657. The summed E-state index contributed by atoms with van der Waals surface area (Å²) in [5, 5.41) is 25.7. The van der Waals surface area contributed by atoms with Gasteiger partial charge in [0.05, 0.1) is 0 Å². The van der Waals surface area contributed by atoms with E-state index in [2.05, 4.69) is 6.92 Å². The van der Waals surface area contributed by atoms with E-state index in [4.69, 9.17) is 15.3 Å². The zero-order chi connectivity index (χ0) is 25.4. The molecule has 0 aliphatic carbocycles. The molecule has 0 bridgehead atoms. The first kappa shape index (κ1) is 35.6. The number of aliphatic hydroxyl groups excluding tert-OH is 2. The zero-order valence-electron chi connectivity index (χ0n) is 23.0. The van der Waals surface area contributed by atoms with Gasteiger partial charge in [-0.05, 0) is 19.3 Å². The third-order valence-electron chi connectivity index (χ3n) is 6.56. The van der Waals surface area contributed by atoms with E-state index >= 15 is 0 Å². The van der Waals surface area contributed by atoms with E-state index in [1.165, 1.54) is 135 Å². The van der Waals surface area contributed by atoms with Crippen molar-refractivity contribution in [2.75, 3.05) is 13.2 Å². The summed E-state index contributed by atoms with van der Waals surface area (Å²) in [7, 11) is 0. The van der Waals surface area contributed by atoms with Crippen molar-refractivity contribution < 1.29 is 20.1 Å². The van der Waals surface area contributed by atoms with Crippen LogP contribution in [0.2, 0.25) is 0 Å². The molecule has 0 aromatic rings. The van der Waals surface area contributed by atoms with E-state index < -0.39 is 5.97 Å². The maximum absolute atomic E-state index is 10.3. The van der Waals surface area contributed by atoms with Crippen molar-refractivity contribution >= 4 is 5.97 Å². The van der Waals surface area contributed by atoms with Gasteiger partial charge in [-0.1, -0.05) is 148 Å². The number of aliphatic carboxylic acids is 1. The Morgan fingerprint density at radius 3 is 0.882 bits per heavy atom. The standard InChI is InChI=1S/C16H34O2.C14H28O2/c17-15-13-11-9-7-5-3-1-2-4-6-8-10-12-14-16-18;1-2-3-4-5-6-7-8-9-10-11-12-13-14(15)16/h17-18H,1-16H2;2-13H2,1H3,(H,15,16). The Hall–Kier alpha value is -0.610. The number of carbonyl (C=O) groups is 1. The van der Waals surface area contributed by atoms with E-state index in [1.807, 2.05) is 0 Å². The lowest BCUT2D eigenvalue weighted by Gasteiger charge is -2.02. The van der Waals surface area contributed by atoms with E-state index in [1.54, 1.807) is 0 Å². The molecule has 0 saturated heterocycles. The fraction of sp³-hybridized carbons (Fsp3) is 0.967. The molecule has 0 radical (unpaired) electrons. The Morgan fingerprint density at radius 2 is 0.647 bits per heavy atom. The predicted octanol–water partition coefficient (Wildman–Crippen LogP) is 9.20. The van der Waals surface area contributed by atoms with Gasteiger partial charge in [0, 0.05) is 19.6 Å². The van der Waals surface area contributed by atoms with Gasteiger partial charge in [-0.25, -0.2) is 0 Å². The first-order valence-electron chi connectivity index (χ1n) is 15.1. The van der Waals surface area contributed by atoms with Crippen LogP contribution < -0.4 is 0 Å². The van der Waals surface area contributed by atoms with Crippen LogP contribution in [0.15, 0.2) is 0 Å². The average molecular weight is 487 g/mol. The normalized spacial score (nSPS) is 10.8. The van der Waals surface area contributed by atoms with Crippen LogP contribution in [0.4, 0.5) is 0 Å². The summed E-state index contributed by atoms with van der Waals surface area (Å²) in [6.45, 7) is 2.97. The summed E-state index contributed by atoms with van der Waals surface area (Å²) in [6.07, 6.45) is 32.4. The van der Waals surface area contributed by atoms with Gasteiger partial charge in [-0.2, -0.15) is 0 Å². The molecule has 0 aliphatic heterocycles. The van der Waals surface area contributed by atoms with Crippen LogP contribution in [0.3, 0.4) is 0 Å². The lowest BCUT2D eigenvalue weighted by molar-refractivity contribution is -0.137. The quantitative estimate of drug-likeness (QED) is 0.101. The van der Waals surface area contributed by atoms with Crippen molar-refractivity contribution in [3.8, 4) is 0 Å². The van der Waals surface area contributed by atoms with Gasteiger partial charge < -0.3 is 15.3 Å². The van der Waals surface area contributed by atoms with Gasteiger partial charge in [0.1, 0.15) is 0 Å². The Morgan fingerprint density at radius 1 is 0.412 bits per heavy atom. The molecule has 4 heteroatoms. The molecule has 206 valence electrons. The number of unbranched alkanes of at least 4 members (excludes halogenated alkanes) is 23. The van der Waals surface area contributed by atoms with E-state index in [0.717, 1.165) is 25.7 Å². The maximum atomic E-state index is 10.3. The average Bonchev–Trinajstić information content (AvgIpc) is 2.83. The van der Waals surface area contributed by atoms with Crippen molar-refractivity contribution in [3.05, 3.63) is 0 Å². The van der Waals surface area contributed by atoms with Gasteiger partial charge in [-0.3, -0.25) is 4.79 Å². The number of carboxylic acids is 1. The van der Waals surface area contributed by atoms with Crippen LogP contribution in [-0.4, -0.2) is 34.5 Å². The van der Waals surface area contributed by atoms with Crippen molar-refractivity contribution in [3.63, 3.8) is 0 Å². The number of carboxylic acid groups (broad SMARTS) is 1.